The molecule has 0 spiro atoms. The topological polar surface area (TPSA) is 148 Å². The number of hydrogen-bond donors (Lipinski definition) is 0. The fourth-order valence-corrected chi connectivity index (χ4v) is 38.6. The maximum atomic E-state index is 5.86. The van der Waals surface area contributed by atoms with Crippen LogP contribution in [-0.4, -0.2) is 82.1 Å². The summed E-state index contributed by atoms with van der Waals surface area (Å²) >= 11 is 0. The molecule has 6 aromatic heterocycles. The molecule has 16 nitrogen and oxygen atoms in total. The minimum absolute atomic E-state index is 0.448. The van der Waals surface area contributed by atoms with E-state index in [1.807, 2.05) is 98.1 Å². The van der Waals surface area contributed by atoms with Crippen molar-refractivity contribution in [2.24, 2.45) is 0 Å². The summed E-state index contributed by atoms with van der Waals surface area (Å²) in [6.45, 7) is 9.75. The highest BCUT2D eigenvalue weighted by Crippen LogP contribution is 2.48. The number of rotatable bonds is 18. The summed E-state index contributed by atoms with van der Waals surface area (Å²) in [5.41, 5.74) is 20.7. The van der Waals surface area contributed by atoms with Gasteiger partial charge >= 0.3 is 0 Å². The molecule has 0 atom stereocenters. The lowest BCUT2D eigenvalue weighted by Gasteiger charge is -2.45. The van der Waals surface area contributed by atoms with Gasteiger partial charge in [-0.1, -0.05) is 342 Å². The molecule has 4 aliphatic rings. The normalized spacial score (nSPS) is 13.8. The van der Waals surface area contributed by atoms with Crippen LogP contribution in [0.25, 0.3) is 44.5 Å². The van der Waals surface area contributed by atoms with Crippen molar-refractivity contribution in [2.75, 3.05) is 29.4 Å². The number of aromatic nitrogens is 10. The van der Waals surface area contributed by atoms with E-state index >= 15 is 0 Å². The monoisotopic (exact) mass is 1940 g/mol. The lowest BCUT2D eigenvalue weighted by Crippen LogP contribution is -2.77. The van der Waals surface area contributed by atoms with Crippen molar-refractivity contribution >= 4 is 198 Å². The molecule has 0 saturated carbocycles. The van der Waals surface area contributed by atoms with Crippen molar-refractivity contribution in [2.45, 2.75) is 26.2 Å². The molecule has 0 saturated heterocycles. The van der Waals surface area contributed by atoms with Gasteiger partial charge in [-0.3, -0.25) is 49.3 Å². The number of para-hydroxylation sites is 8. The molecule has 16 aromatic carbocycles. The van der Waals surface area contributed by atoms with Crippen LogP contribution in [0.5, 0.6) is 0 Å². The smallest absolute Gasteiger partial charge is 0.241 e. The van der Waals surface area contributed by atoms with Crippen LogP contribution in [0, 0.1) is 0 Å². The second-order valence-corrected chi connectivity index (χ2v) is 54.1. The number of nitrogens with zero attached hydrogens (tertiary/aromatic N) is 16. The zero-order valence-electron chi connectivity index (χ0n) is 80.7. The lowest BCUT2D eigenvalue weighted by molar-refractivity contribution is 0.963. The predicted molar refractivity (Wildman–Crippen MR) is 609 cm³/mol. The van der Waals surface area contributed by atoms with Crippen LogP contribution in [0.4, 0.5) is 104 Å². The van der Waals surface area contributed by atoms with Crippen LogP contribution in [0.2, 0.25) is 26.2 Å². The third-order valence-corrected chi connectivity index (χ3v) is 46.1. The Balaban J connectivity index is 0.000000158. The average Bonchev–Trinajstić information content (AvgIpc) is 0.699. The number of fused-ring (bicyclic) bond motifs is 8. The number of pyridine rings is 4. The predicted octanol–water partition coefficient (Wildman–Crippen LogP) is 22.5. The van der Waals surface area contributed by atoms with E-state index in [9.17, 15) is 0 Å². The molecule has 0 radical (unpaired) electrons. The first-order chi connectivity index (χ1) is 72.0. The van der Waals surface area contributed by atoms with Crippen LogP contribution < -0.4 is 91.6 Å². The molecule has 146 heavy (non-hydrogen) atoms. The average molecular weight is 1950 g/mol. The van der Waals surface area contributed by atoms with Gasteiger partial charge in [-0.05, 0) is 252 Å². The van der Waals surface area contributed by atoms with E-state index in [2.05, 4.69) is 488 Å². The summed E-state index contributed by atoms with van der Waals surface area (Å²) in [4.78, 5) is 64.7. The fourth-order valence-electron chi connectivity index (χ4n) is 22.5. The van der Waals surface area contributed by atoms with E-state index in [1.54, 1.807) is 0 Å². The summed E-state index contributed by atoms with van der Waals surface area (Å²) in [6.07, 6.45) is 14.6. The van der Waals surface area contributed by atoms with Gasteiger partial charge in [0.2, 0.25) is 35.7 Å². The Kier molecular flexibility index (Phi) is 22.8. The van der Waals surface area contributed by atoms with E-state index in [1.165, 1.54) is 62.2 Å². The third-order valence-electron chi connectivity index (χ3n) is 29.3. The second-order valence-electron chi connectivity index (χ2n) is 38.0. The Morgan fingerprint density at radius 2 is 0.329 bits per heavy atom. The zero-order chi connectivity index (χ0) is 97.9. The molecule has 0 aliphatic carbocycles. The molecule has 10 heterocycles. The third kappa shape index (κ3) is 15.3. The summed E-state index contributed by atoms with van der Waals surface area (Å²) in [6, 6.07) is 166. The minimum Gasteiger partial charge on any atom is -0.279 e. The van der Waals surface area contributed by atoms with Gasteiger partial charge in [0.15, 0.2) is 16.1 Å². The van der Waals surface area contributed by atoms with E-state index < -0.39 is 32.3 Å². The number of hydrogen-bond acceptors (Lipinski definition) is 16. The molecule has 20 heteroatoms. The minimum atomic E-state index is -3.02. The number of anilines is 18. The Hall–Kier alpha value is -18.2. The lowest BCUT2D eigenvalue weighted by atomic mass is 10.1. The van der Waals surface area contributed by atoms with Gasteiger partial charge in [-0.2, -0.15) is 29.9 Å². The highest BCUT2D eigenvalue weighted by atomic mass is 28.3. The van der Waals surface area contributed by atoms with Gasteiger partial charge in [-0.25, -0.2) is 0 Å². The molecular weight excluding hydrogens is 1850 g/mol. The zero-order valence-corrected chi connectivity index (χ0v) is 84.7. The van der Waals surface area contributed by atoms with Crippen molar-refractivity contribution < 1.29 is 0 Å². The van der Waals surface area contributed by atoms with Crippen LogP contribution >= 0.6 is 0 Å². The number of benzene rings is 16. The molecule has 4 aliphatic heterocycles. The van der Waals surface area contributed by atoms with Crippen molar-refractivity contribution in [1.29, 1.82) is 0 Å². The summed E-state index contributed by atoms with van der Waals surface area (Å²) < 4.78 is 0. The fraction of sp³-hybridized carbons (Fsp3) is 0.0317. The molecule has 0 N–H and O–H groups in total. The van der Waals surface area contributed by atoms with E-state index in [0.29, 0.717) is 35.7 Å². The standard InChI is InChI=1S/C73H52N8Si2.C53H44N8Si2/c1-5-21-59(22-6-1)82(60-23-7-2-8-24-60)67-33-17-13-29-63(67)80(64-30-14-18-34-68(64)82)72-76-71(79(57-41-37-53(38-42-57)55-45-49-74-50-46-55)58-43-39-54(40-44-58)56-47-51-75-52-48-56)77-73(78-72)81-65-31-15-19-35-69(65)83(61-25-9-3-10-26-61,62-27-11-4-12-28-62)70-36-20-16-32-66(70)81;1-62(2)47-17-9-5-13-43(47)60(44-14-6-10-18-48(44)62)52-56-51(57-53(58-52)61-45-15-7-11-19-49(45)63(3,4)50-20-12-8-16-46(50)61)59(41-25-21-37(22-26-41)39-29-33-54-34-30-39)42-27-23-38(24-28-42)40-31-35-55-36-32-40/h1-52H;5-36H,1-4H3. The van der Waals surface area contributed by atoms with Crippen molar-refractivity contribution in [3.8, 4) is 44.5 Å². The molecule has 0 fully saturated rings. The Morgan fingerprint density at radius 1 is 0.164 bits per heavy atom. The van der Waals surface area contributed by atoms with Crippen molar-refractivity contribution in [3.05, 3.63) is 511 Å². The summed E-state index contributed by atoms with van der Waals surface area (Å²) in [5.74, 6) is 3.00. The van der Waals surface area contributed by atoms with Gasteiger partial charge in [0.25, 0.3) is 0 Å². The maximum Gasteiger partial charge on any atom is 0.241 e. The highest BCUT2D eigenvalue weighted by Gasteiger charge is 2.53. The highest BCUT2D eigenvalue weighted by molar-refractivity contribution is 7.22. The van der Waals surface area contributed by atoms with Gasteiger partial charge < -0.3 is 0 Å². The van der Waals surface area contributed by atoms with Gasteiger partial charge in [0, 0.05) is 118 Å². The van der Waals surface area contributed by atoms with Crippen LogP contribution in [0.15, 0.2) is 511 Å². The van der Waals surface area contributed by atoms with Crippen molar-refractivity contribution in [1.82, 2.24) is 49.8 Å². The molecule has 22 aromatic rings. The molecule has 0 bridgehead atoms. The first kappa shape index (κ1) is 89.2. The quantitative estimate of drug-likeness (QED) is 0.0749. The van der Waals surface area contributed by atoms with Crippen LogP contribution in [0.3, 0.4) is 0 Å². The largest absolute Gasteiger partial charge is 0.279 e. The van der Waals surface area contributed by atoms with Crippen LogP contribution in [-0.2, 0) is 0 Å². The Morgan fingerprint density at radius 3 is 0.527 bits per heavy atom. The second kappa shape index (κ2) is 37.4. The van der Waals surface area contributed by atoms with E-state index in [4.69, 9.17) is 29.9 Å². The van der Waals surface area contributed by atoms with Gasteiger partial charge in [-0.15, -0.1) is 0 Å². The maximum absolute atomic E-state index is 5.86. The molecule has 0 amide bonds. The Labute approximate surface area is 852 Å². The molecule has 0 unspecified atom stereocenters. The van der Waals surface area contributed by atoms with E-state index in [0.717, 1.165) is 113 Å². The Bertz CT molecular complexity index is 7810. The van der Waals surface area contributed by atoms with Crippen LogP contribution in [0.1, 0.15) is 0 Å². The van der Waals surface area contributed by atoms with Gasteiger partial charge in [0.1, 0.15) is 16.1 Å². The summed E-state index contributed by atoms with van der Waals surface area (Å²) in [5, 5.41) is 15.5. The first-order valence-corrected chi connectivity index (χ1v) is 59.3. The van der Waals surface area contributed by atoms with Gasteiger partial charge in [0.05, 0.1) is 0 Å². The SMILES string of the molecule is C[Si]1(C)c2ccccc2N(c2nc(N(c3ccc(-c4ccncc4)cc3)c3ccc(-c4ccncc4)cc3)nc(N3c4ccccc4[Si](C)(C)c4ccccc43)n2)c2ccccc21.c1ccc([Si]2(c3ccccc3)c3ccccc3N(c3nc(N(c4ccc(-c5ccncc5)cc4)c4ccc(-c5ccncc5)cc4)nc(N4c5ccccc5[Si](c5ccccc5)(c5ccccc5)c5ccccc54)n3)c3ccccc32)cc1. The molecule has 26 rings (SSSR count). The van der Waals surface area contributed by atoms with E-state index in [-0.39, 0.29) is 0 Å². The first-order valence-electron chi connectivity index (χ1n) is 49.3. The van der Waals surface area contributed by atoms with Crippen molar-refractivity contribution in [3.63, 3.8) is 0 Å². The molecular formula is C126H96N16Si4. The molecule has 696 valence electrons. The summed E-state index contributed by atoms with van der Waals surface area (Å²) in [7, 11) is -10.2.